The number of methoxy groups -OCH3 is 1. The molecule has 2 saturated heterocycles. The molecule has 2 fully saturated rings. The van der Waals surface area contributed by atoms with Gasteiger partial charge in [-0.3, -0.25) is 4.90 Å². The van der Waals surface area contributed by atoms with Crippen molar-refractivity contribution in [3.63, 3.8) is 0 Å². The number of benzene rings is 1. The van der Waals surface area contributed by atoms with Gasteiger partial charge in [-0.25, -0.2) is 4.84 Å². The number of nitrogens with zero attached hydrogens (tertiary/aromatic N) is 2. The van der Waals surface area contributed by atoms with E-state index >= 15 is 0 Å². The van der Waals surface area contributed by atoms with Crippen LogP contribution in [0.4, 0.5) is 0 Å². The van der Waals surface area contributed by atoms with Crippen LogP contribution in [0.15, 0.2) is 30.3 Å². The molecule has 29 heavy (non-hydrogen) atoms. The van der Waals surface area contributed by atoms with Gasteiger partial charge in [-0.2, -0.15) is 0 Å². The predicted octanol–water partition coefficient (Wildman–Crippen LogP) is 4.37. The standard InChI is InChI=1S/C22H38N2O4Si/c1-21(2,3)29(6,7)28-24-20(23-13-15-26-16-14-23)19(17-22(4,25-5)27-24)18-11-9-8-10-12-18/h8-12,19-20H,13-17H2,1-7H3/t19-,20+,22-/m1/s1. The number of hydroxylamine groups is 2. The number of ether oxygens (including phenoxy) is 2. The monoisotopic (exact) mass is 422 g/mol. The topological polar surface area (TPSA) is 43.4 Å². The molecule has 3 atom stereocenters. The van der Waals surface area contributed by atoms with E-state index in [9.17, 15) is 0 Å². The van der Waals surface area contributed by atoms with Crippen LogP contribution in [0.25, 0.3) is 0 Å². The fraction of sp³-hybridized carbons (Fsp3) is 0.727. The summed E-state index contributed by atoms with van der Waals surface area (Å²) in [6.45, 7) is 16.4. The smallest absolute Gasteiger partial charge is 0.223 e. The molecule has 2 aliphatic heterocycles. The Balaban J connectivity index is 2.00. The van der Waals surface area contributed by atoms with Crippen LogP contribution in [-0.4, -0.2) is 63.8 Å². The first-order valence-corrected chi connectivity index (χ1v) is 13.6. The maximum absolute atomic E-state index is 6.75. The summed E-state index contributed by atoms with van der Waals surface area (Å²) in [6, 6.07) is 10.7. The molecular weight excluding hydrogens is 384 g/mol. The Kier molecular flexibility index (Phi) is 6.90. The second-order valence-electron chi connectivity index (χ2n) is 9.85. The highest BCUT2D eigenvalue weighted by atomic mass is 28.4. The second-order valence-corrected chi connectivity index (χ2v) is 14.6. The second kappa shape index (κ2) is 8.75. The largest absolute Gasteiger partial charge is 0.379 e. The van der Waals surface area contributed by atoms with E-state index < -0.39 is 14.1 Å². The molecule has 164 valence electrons. The number of morpholine rings is 1. The van der Waals surface area contributed by atoms with Gasteiger partial charge in [-0.15, -0.1) is 0 Å². The molecule has 3 rings (SSSR count). The third-order valence-electron chi connectivity index (χ3n) is 6.65. The summed E-state index contributed by atoms with van der Waals surface area (Å²) in [4.78, 5) is 8.85. The zero-order valence-electron chi connectivity index (χ0n) is 19.1. The van der Waals surface area contributed by atoms with E-state index in [2.05, 4.69) is 69.1 Å². The van der Waals surface area contributed by atoms with Crippen LogP contribution in [0.5, 0.6) is 0 Å². The lowest BCUT2D eigenvalue weighted by Crippen LogP contribution is -2.64. The average Bonchev–Trinajstić information content (AvgIpc) is 2.68. The molecule has 0 aromatic heterocycles. The number of hydrogen-bond donors (Lipinski definition) is 0. The molecule has 0 amide bonds. The molecule has 0 radical (unpaired) electrons. The van der Waals surface area contributed by atoms with Gasteiger partial charge in [0.25, 0.3) is 0 Å². The Labute approximate surface area is 177 Å². The first-order valence-electron chi connectivity index (χ1n) is 10.7. The van der Waals surface area contributed by atoms with E-state index in [4.69, 9.17) is 18.8 Å². The van der Waals surface area contributed by atoms with Crippen molar-refractivity contribution in [1.29, 1.82) is 0 Å². The molecule has 0 N–H and O–H groups in total. The Morgan fingerprint density at radius 3 is 2.28 bits per heavy atom. The molecule has 2 heterocycles. The highest BCUT2D eigenvalue weighted by molar-refractivity contribution is 6.74. The molecule has 2 aliphatic rings. The minimum atomic E-state index is -2.12. The molecule has 7 heteroatoms. The normalized spacial score (nSPS) is 30.4. The minimum absolute atomic E-state index is 0.0290. The first-order chi connectivity index (χ1) is 13.6. The van der Waals surface area contributed by atoms with Crippen molar-refractivity contribution < 1.29 is 18.8 Å². The van der Waals surface area contributed by atoms with Crippen LogP contribution >= 0.6 is 0 Å². The van der Waals surface area contributed by atoms with E-state index in [0.29, 0.717) is 0 Å². The van der Waals surface area contributed by atoms with E-state index in [1.807, 2.05) is 6.92 Å². The van der Waals surface area contributed by atoms with Crippen molar-refractivity contribution in [2.45, 2.75) is 70.1 Å². The summed E-state index contributed by atoms with van der Waals surface area (Å²) < 4.78 is 18.2. The number of hydrogen-bond acceptors (Lipinski definition) is 6. The summed E-state index contributed by atoms with van der Waals surface area (Å²) in [6.07, 6.45) is 0.728. The summed E-state index contributed by atoms with van der Waals surface area (Å²) in [5.41, 5.74) is 1.28. The molecular formula is C22H38N2O4Si. The van der Waals surface area contributed by atoms with Gasteiger partial charge in [0.1, 0.15) is 6.17 Å². The van der Waals surface area contributed by atoms with E-state index in [1.165, 1.54) is 5.56 Å². The van der Waals surface area contributed by atoms with Crippen molar-refractivity contribution >= 4 is 8.32 Å². The Hall–Kier alpha value is -0.803. The quantitative estimate of drug-likeness (QED) is 0.657. The summed E-state index contributed by atoms with van der Waals surface area (Å²) in [5.74, 6) is -0.552. The van der Waals surface area contributed by atoms with Crippen molar-refractivity contribution in [3.05, 3.63) is 35.9 Å². The van der Waals surface area contributed by atoms with Crippen LogP contribution < -0.4 is 0 Å². The number of rotatable bonds is 5. The Morgan fingerprint density at radius 1 is 1.10 bits per heavy atom. The van der Waals surface area contributed by atoms with Crippen LogP contribution in [-0.2, 0) is 18.8 Å². The van der Waals surface area contributed by atoms with Crippen LogP contribution in [0.2, 0.25) is 18.1 Å². The fourth-order valence-electron chi connectivity index (χ4n) is 3.71. The van der Waals surface area contributed by atoms with Gasteiger partial charge in [0.15, 0.2) is 5.79 Å². The Morgan fingerprint density at radius 2 is 1.72 bits per heavy atom. The minimum Gasteiger partial charge on any atom is -0.379 e. The molecule has 0 spiro atoms. The zero-order chi connectivity index (χ0) is 21.3. The molecule has 0 aliphatic carbocycles. The molecule has 0 unspecified atom stereocenters. The van der Waals surface area contributed by atoms with Crippen molar-refractivity contribution in [1.82, 2.24) is 10.1 Å². The molecule has 0 bridgehead atoms. The molecule has 1 aromatic carbocycles. The fourth-order valence-corrected chi connectivity index (χ4v) is 4.58. The highest BCUT2D eigenvalue weighted by Gasteiger charge is 2.51. The van der Waals surface area contributed by atoms with E-state index in [1.54, 1.807) is 12.3 Å². The first kappa shape index (κ1) is 22.9. The van der Waals surface area contributed by atoms with Crippen molar-refractivity contribution in [2.24, 2.45) is 0 Å². The highest BCUT2D eigenvalue weighted by Crippen LogP contribution is 2.44. The van der Waals surface area contributed by atoms with Gasteiger partial charge in [-0.05, 0) is 30.6 Å². The Bertz CT molecular complexity index is 661. The van der Waals surface area contributed by atoms with Crippen molar-refractivity contribution in [3.8, 4) is 0 Å². The van der Waals surface area contributed by atoms with Gasteiger partial charge in [0, 0.05) is 32.5 Å². The summed E-state index contributed by atoms with van der Waals surface area (Å²) >= 11 is 0. The van der Waals surface area contributed by atoms with E-state index in [-0.39, 0.29) is 17.1 Å². The lowest BCUT2D eigenvalue weighted by molar-refractivity contribution is -0.473. The molecule has 0 saturated carbocycles. The lowest BCUT2D eigenvalue weighted by atomic mass is 9.87. The molecule has 1 aromatic rings. The lowest BCUT2D eigenvalue weighted by Gasteiger charge is -2.53. The van der Waals surface area contributed by atoms with Crippen molar-refractivity contribution in [2.75, 3.05) is 33.4 Å². The van der Waals surface area contributed by atoms with Crippen LogP contribution in [0.3, 0.4) is 0 Å². The SMILES string of the molecule is CO[C@@]1(C)C[C@H](c2ccccc2)[C@@H](N2CCOCC2)N(O[Si](C)(C)C(C)(C)C)O1. The van der Waals surface area contributed by atoms with Gasteiger partial charge >= 0.3 is 0 Å². The van der Waals surface area contributed by atoms with Gasteiger partial charge in [0.05, 0.1) is 13.2 Å². The summed E-state index contributed by atoms with van der Waals surface area (Å²) in [5, 5.41) is 1.85. The third kappa shape index (κ3) is 5.10. The maximum atomic E-state index is 6.75. The summed E-state index contributed by atoms with van der Waals surface area (Å²) in [7, 11) is -0.406. The van der Waals surface area contributed by atoms with Gasteiger partial charge < -0.3 is 14.0 Å². The van der Waals surface area contributed by atoms with Crippen LogP contribution in [0.1, 0.15) is 45.6 Å². The van der Waals surface area contributed by atoms with E-state index in [0.717, 1.165) is 32.7 Å². The van der Waals surface area contributed by atoms with Crippen LogP contribution in [0, 0.1) is 0 Å². The van der Waals surface area contributed by atoms with Gasteiger partial charge in [-0.1, -0.05) is 56.3 Å². The zero-order valence-corrected chi connectivity index (χ0v) is 20.1. The average molecular weight is 423 g/mol. The third-order valence-corrected chi connectivity index (χ3v) is 10.9. The predicted molar refractivity (Wildman–Crippen MR) is 117 cm³/mol. The van der Waals surface area contributed by atoms with Gasteiger partial charge in [0.2, 0.25) is 8.32 Å². The molecule has 6 nitrogen and oxygen atoms in total. The maximum Gasteiger partial charge on any atom is 0.223 e.